The average molecular weight is 312 g/mol. The Bertz CT molecular complexity index is 597. The summed E-state index contributed by atoms with van der Waals surface area (Å²) in [5.74, 6) is 0.976. The first kappa shape index (κ1) is 17.0. The molecule has 0 heterocycles. The largest absolute Gasteiger partial charge is 0.497 e. The summed E-state index contributed by atoms with van der Waals surface area (Å²) in [6.07, 6.45) is 0.499. The molecule has 0 saturated carbocycles. The fourth-order valence-electron chi connectivity index (χ4n) is 2.38. The van der Waals surface area contributed by atoms with Gasteiger partial charge < -0.3 is 15.0 Å². The quantitative estimate of drug-likeness (QED) is 0.815. The highest BCUT2D eigenvalue weighted by Gasteiger charge is 2.14. The molecule has 1 amide bonds. The van der Waals surface area contributed by atoms with Crippen molar-refractivity contribution in [2.75, 3.05) is 20.7 Å². The summed E-state index contributed by atoms with van der Waals surface area (Å²) in [5, 5.41) is 3.03. The first-order valence-corrected chi connectivity index (χ1v) is 7.82. The van der Waals surface area contributed by atoms with E-state index in [1.54, 1.807) is 7.11 Å². The number of hydrogen-bond acceptors (Lipinski definition) is 3. The molecule has 4 heteroatoms. The normalized spacial score (nSPS) is 10.3. The SMILES string of the molecule is CNCCC(=O)N(Cc1ccccc1)Cc1ccc(OC)cc1. The zero-order chi connectivity index (χ0) is 16.5. The minimum Gasteiger partial charge on any atom is -0.497 e. The molecule has 0 aromatic heterocycles. The fourth-order valence-corrected chi connectivity index (χ4v) is 2.38. The highest BCUT2D eigenvalue weighted by molar-refractivity contribution is 5.76. The first-order chi connectivity index (χ1) is 11.2. The molecule has 0 aliphatic carbocycles. The van der Waals surface area contributed by atoms with Crippen molar-refractivity contribution in [3.8, 4) is 5.75 Å². The molecule has 122 valence electrons. The van der Waals surface area contributed by atoms with Crippen LogP contribution in [0.25, 0.3) is 0 Å². The van der Waals surface area contributed by atoms with Gasteiger partial charge in [-0.1, -0.05) is 42.5 Å². The van der Waals surface area contributed by atoms with Crippen molar-refractivity contribution in [1.82, 2.24) is 10.2 Å². The van der Waals surface area contributed by atoms with Crippen molar-refractivity contribution in [1.29, 1.82) is 0 Å². The summed E-state index contributed by atoms with van der Waals surface area (Å²) in [6, 6.07) is 17.9. The molecule has 0 unspecified atom stereocenters. The number of nitrogens with zero attached hydrogens (tertiary/aromatic N) is 1. The van der Waals surface area contributed by atoms with Gasteiger partial charge in [0.05, 0.1) is 7.11 Å². The Hall–Kier alpha value is -2.33. The van der Waals surface area contributed by atoms with E-state index in [4.69, 9.17) is 4.74 Å². The van der Waals surface area contributed by atoms with Crippen molar-refractivity contribution in [3.63, 3.8) is 0 Å². The number of carbonyl (C=O) groups is 1. The highest BCUT2D eigenvalue weighted by Crippen LogP contribution is 2.15. The van der Waals surface area contributed by atoms with Crippen LogP contribution in [-0.2, 0) is 17.9 Å². The summed E-state index contributed by atoms with van der Waals surface area (Å²) in [6.45, 7) is 1.91. The van der Waals surface area contributed by atoms with Crippen molar-refractivity contribution in [2.24, 2.45) is 0 Å². The van der Waals surface area contributed by atoms with Crippen LogP contribution in [0.5, 0.6) is 5.75 Å². The topological polar surface area (TPSA) is 41.6 Å². The summed E-state index contributed by atoms with van der Waals surface area (Å²) in [4.78, 5) is 14.4. The van der Waals surface area contributed by atoms with Crippen molar-refractivity contribution in [2.45, 2.75) is 19.5 Å². The molecule has 2 rings (SSSR count). The van der Waals surface area contributed by atoms with Gasteiger partial charge >= 0.3 is 0 Å². The molecule has 0 fully saturated rings. The molecule has 0 bridgehead atoms. The number of rotatable bonds is 8. The zero-order valence-electron chi connectivity index (χ0n) is 13.8. The molecule has 0 atom stereocenters. The minimum absolute atomic E-state index is 0.152. The van der Waals surface area contributed by atoms with Crippen LogP contribution in [0.4, 0.5) is 0 Å². The Morgan fingerprint density at radius 3 is 2.17 bits per heavy atom. The molecule has 0 spiro atoms. The van der Waals surface area contributed by atoms with E-state index in [0.717, 1.165) is 16.9 Å². The monoisotopic (exact) mass is 312 g/mol. The molecule has 4 nitrogen and oxygen atoms in total. The summed E-state index contributed by atoms with van der Waals surface area (Å²) >= 11 is 0. The summed E-state index contributed by atoms with van der Waals surface area (Å²) in [7, 11) is 3.51. The van der Waals surface area contributed by atoms with E-state index in [1.807, 2.05) is 66.5 Å². The van der Waals surface area contributed by atoms with E-state index in [0.29, 0.717) is 26.1 Å². The lowest BCUT2D eigenvalue weighted by Crippen LogP contribution is -2.32. The van der Waals surface area contributed by atoms with Crippen LogP contribution in [0.1, 0.15) is 17.5 Å². The van der Waals surface area contributed by atoms with Gasteiger partial charge in [0.2, 0.25) is 5.91 Å². The van der Waals surface area contributed by atoms with Gasteiger partial charge in [0.1, 0.15) is 5.75 Å². The number of nitrogens with one attached hydrogen (secondary N) is 1. The third-order valence-corrected chi connectivity index (χ3v) is 3.69. The lowest BCUT2D eigenvalue weighted by Gasteiger charge is -2.23. The highest BCUT2D eigenvalue weighted by atomic mass is 16.5. The van der Waals surface area contributed by atoms with E-state index in [2.05, 4.69) is 5.32 Å². The van der Waals surface area contributed by atoms with Gasteiger partial charge in [0.25, 0.3) is 0 Å². The number of ether oxygens (including phenoxy) is 1. The third-order valence-electron chi connectivity index (χ3n) is 3.69. The Morgan fingerprint density at radius 1 is 1.00 bits per heavy atom. The minimum atomic E-state index is 0.152. The standard InChI is InChI=1S/C19H24N2O2/c1-20-13-12-19(22)21(14-16-6-4-3-5-7-16)15-17-8-10-18(23-2)11-9-17/h3-11,20H,12-15H2,1-2H3. The molecule has 23 heavy (non-hydrogen) atoms. The summed E-state index contributed by atoms with van der Waals surface area (Å²) < 4.78 is 5.18. The van der Waals surface area contributed by atoms with E-state index >= 15 is 0 Å². The van der Waals surface area contributed by atoms with Gasteiger partial charge in [0.15, 0.2) is 0 Å². The molecule has 0 aliphatic rings. The van der Waals surface area contributed by atoms with E-state index in [1.165, 1.54) is 0 Å². The Kier molecular flexibility index (Phi) is 6.63. The second-order valence-electron chi connectivity index (χ2n) is 5.44. The molecule has 0 radical (unpaired) electrons. The van der Waals surface area contributed by atoms with Crippen molar-refractivity contribution < 1.29 is 9.53 Å². The van der Waals surface area contributed by atoms with Crippen LogP contribution < -0.4 is 10.1 Å². The number of hydrogen-bond donors (Lipinski definition) is 1. The molecule has 0 aliphatic heterocycles. The van der Waals surface area contributed by atoms with Crippen LogP contribution >= 0.6 is 0 Å². The maximum atomic E-state index is 12.5. The molecular formula is C19H24N2O2. The molecule has 2 aromatic rings. The van der Waals surface area contributed by atoms with E-state index in [-0.39, 0.29) is 5.91 Å². The lowest BCUT2D eigenvalue weighted by atomic mass is 10.1. The van der Waals surface area contributed by atoms with Crippen LogP contribution in [-0.4, -0.2) is 31.5 Å². The lowest BCUT2D eigenvalue weighted by molar-refractivity contribution is -0.132. The van der Waals surface area contributed by atoms with Gasteiger partial charge in [-0.05, 0) is 30.3 Å². The third kappa shape index (κ3) is 5.42. The maximum absolute atomic E-state index is 12.5. The smallest absolute Gasteiger partial charge is 0.224 e. The van der Waals surface area contributed by atoms with E-state index in [9.17, 15) is 4.79 Å². The average Bonchev–Trinajstić information content (AvgIpc) is 2.60. The fraction of sp³-hybridized carbons (Fsp3) is 0.316. The second kappa shape index (κ2) is 8.96. The Balaban J connectivity index is 2.09. The Labute approximate surface area is 138 Å². The predicted molar refractivity (Wildman–Crippen MR) is 92.2 cm³/mol. The number of methoxy groups -OCH3 is 1. The second-order valence-corrected chi connectivity index (χ2v) is 5.44. The van der Waals surface area contributed by atoms with E-state index < -0.39 is 0 Å². The van der Waals surface area contributed by atoms with Gasteiger partial charge in [-0.25, -0.2) is 0 Å². The maximum Gasteiger partial charge on any atom is 0.224 e. The van der Waals surface area contributed by atoms with Crippen LogP contribution in [0, 0.1) is 0 Å². The van der Waals surface area contributed by atoms with Crippen LogP contribution in [0.15, 0.2) is 54.6 Å². The van der Waals surface area contributed by atoms with Crippen LogP contribution in [0.2, 0.25) is 0 Å². The van der Waals surface area contributed by atoms with Gasteiger partial charge in [0, 0.05) is 26.1 Å². The molecule has 1 N–H and O–H groups in total. The predicted octanol–water partition coefficient (Wildman–Crippen LogP) is 2.83. The van der Waals surface area contributed by atoms with Gasteiger partial charge in [-0.15, -0.1) is 0 Å². The summed E-state index contributed by atoms with van der Waals surface area (Å²) in [5.41, 5.74) is 2.23. The molecule has 0 saturated heterocycles. The van der Waals surface area contributed by atoms with Gasteiger partial charge in [-0.2, -0.15) is 0 Å². The number of benzene rings is 2. The van der Waals surface area contributed by atoms with Gasteiger partial charge in [-0.3, -0.25) is 4.79 Å². The van der Waals surface area contributed by atoms with Crippen LogP contribution in [0.3, 0.4) is 0 Å². The molecular weight excluding hydrogens is 288 g/mol. The zero-order valence-corrected chi connectivity index (χ0v) is 13.8. The number of carbonyl (C=O) groups excluding carboxylic acids is 1. The van der Waals surface area contributed by atoms with Crippen molar-refractivity contribution >= 4 is 5.91 Å². The first-order valence-electron chi connectivity index (χ1n) is 7.82. The Morgan fingerprint density at radius 2 is 1.61 bits per heavy atom. The number of amides is 1. The van der Waals surface area contributed by atoms with Crippen molar-refractivity contribution in [3.05, 3.63) is 65.7 Å². The molecule has 2 aromatic carbocycles.